The largest absolute Gasteiger partial charge is 0.289 e. The van der Waals surface area contributed by atoms with Gasteiger partial charge in [-0.25, -0.2) is 4.98 Å². The number of rotatable bonds is 0. The molecule has 0 aliphatic carbocycles. The van der Waals surface area contributed by atoms with E-state index in [9.17, 15) is 0 Å². The van der Waals surface area contributed by atoms with Gasteiger partial charge in [0.15, 0.2) is 0 Å². The number of nitrogens with zero attached hydrogens (tertiary/aromatic N) is 2. The van der Waals surface area contributed by atoms with Gasteiger partial charge in [0.05, 0.1) is 11.7 Å². The molecule has 0 saturated heterocycles. The molecule has 3 heteroatoms. The topological polar surface area (TPSA) is 17.3 Å². The molecule has 2 aromatic heterocycles. The van der Waals surface area contributed by atoms with Crippen LogP contribution in [-0.2, 0) is 0 Å². The molecule has 0 saturated carbocycles. The predicted molar refractivity (Wildman–Crippen MR) is 44.9 cm³/mol. The quantitative estimate of drug-likeness (QED) is 0.549. The van der Waals surface area contributed by atoms with Crippen LogP contribution in [0.5, 0.6) is 0 Å². The van der Waals surface area contributed by atoms with Gasteiger partial charge in [0.1, 0.15) is 11.5 Å². The van der Waals surface area contributed by atoms with Gasteiger partial charge >= 0.3 is 0 Å². The number of aromatic nitrogens is 2. The summed E-state index contributed by atoms with van der Waals surface area (Å²) in [6, 6.07) is 3.85. The maximum atomic E-state index is 5.89. The van der Waals surface area contributed by atoms with E-state index in [2.05, 4.69) is 4.98 Å². The summed E-state index contributed by atoms with van der Waals surface area (Å²) in [5.41, 5.74) is 2.25. The molecule has 0 N–H and O–H groups in total. The summed E-state index contributed by atoms with van der Waals surface area (Å²) in [7, 11) is 0. The molecule has 11 heavy (non-hydrogen) atoms. The Balaban J connectivity index is 2.96. The molecule has 0 bridgehead atoms. The molecule has 2 heterocycles. The van der Waals surface area contributed by atoms with Gasteiger partial charge in [-0.2, -0.15) is 0 Å². The molecule has 0 fully saturated rings. The first kappa shape index (κ1) is 6.68. The van der Waals surface area contributed by atoms with Crippen LogP contribution in [0.1, 0.15) is 5.56 Å². The fourth-order valence-electron chi connectivity index (χ4n) is 1.12. The maximum absolute atomic E-state index is 5.89. The molecule has 2 rings (SSSR count). The van der Waals surface area contributed by atoms with E-state index in [1.807, 2.05) is 23.5 Å². The zero-order valence-corrected chi connectivity index (χ0v) is 6.84. The van der Waals surface area contributed by atoms with Crippen molar-refractivity contribution in [3.05, 3.63) is 35.4 Å². The van der Waals surface area contributed by atoms with Gasteiger partial charge in [-0.1, -0.05) is 17.7 Å². The van der Waals surface area contributed by atoms with Crippen LogP contribution in [-0.4, -0.2) is 9.38 Å². The minimum atomic E-state index is 0.697. The van der Waals surface area contributed by atoms with E-state index in [0.29, 0.717) is 5.15 Å². The minimum Gasteiger partial charge on any atom is -0.289 e. The van der Waals surface area contributed by atoms with Crippen molar-refractivity contribution in [2.75, 3.05) is 0 Å². The summed E-state index contributed by atoms with van der Waals surface area (Å²) in [6.07, 6.45) is 3.52. The second-order valence-electron chi connectivity index (χ2n) is 2.49. The van der Waals surface area contributed by atoms with Crippen molar-refractivity contribution in [3.8, 4) is 0 Å². The van der Waals surface area contributed by atoms with Gasteiger partial charge in [0.25, 0.3) is 0 Å². The molecule has 56 valence electrons. The first-order chi connectivity index (χ1) is 5.29. The van der Waals surface area contributed by atoms with Crippen molar-refractivity contribution in [2.24, 2.45) is 0 Å². The van der Waals surface area contributed by atoms with E-state index in [4.69, 9.17) is 11.6 Å². The molecular formula is C8H7ClN2. The Morgan fingerprint density at radius 2 is 2.27 bits per heavy atom. The molecule has 0 atom stereocenters. The third-order valence-corrected chi connectivity index (χ3v) is 2.05. The van der Waals surface area contributed by atoms with Crippen molar-refractivity contribution in [2.45, 2.75) is 6.92 Å². The molecule has 0 unspecified atom stereocenters. The predicted octanol–water partition coefficient (Wildman–Crippen LogP) is 2.30. The Kier molecular flexibility index (Phi) is 1.36. The summed E-state index contributed by atoms with van der Waals surface area (Å²) < 4.78 is 1.86. The average molecular weight is 167 g/mol. The van der Waals surface area contributed by atoms with Crippen molar-refractivity contribution in [3.63, 3.8) is 0 Å². The van der Waals surface area contributed by atoms with E-state index in [1.165, 1.54) is 5.56 Å². The summed E-state index contributed by atoms with van der Waals surface area (Å²) in [6.45, 7) is 2.04. The van der Waals surface area contributed by atoms with E-state index < -0.39 is 0 Å². The number of hydrogen-bond acceptors (Lipinski definition) is 1. The van der Waals surface area contributed by atoms with Gasteiger partial charge in [-0.15, -0.1) is 0 Å². The van der Waals surface area contributed by atoms with Crippen molar-refractivity contribution in [1.29, 1.82) is 0 Å². The fourth-order valence-corrected chi connectivity index (χ4v) is 1.31. The van der Waals surface area contributed by atoms with E-state index >= 15 is 0 Å². The third kappa shape index (κ3) is 0.906. The highest BCUT2D eigenvalue weighted by Gasteiger charge is 1.99. The van der Waals surface area contributed by atoms with E-state index in [0.717, 1.165) is 5.52 Å². The third-order valence-electron chi connectivity index (χ3n) is 1.74. The summed E-state index contributed by atoms with van der Waals surface area (Å²) in [5, 5.41) is 0.697. The lowest BCUT2D eigenvalue weighted by Crippen LogP contribution is -1.85. The lowest BCUT2D eigenvalue weighted by Gasteiger charge is -1.98. The normalized spacial score (nSPS) is 10.7. The summed E-state index contributed by atoms with van der Waals surface area (Å²) in [4.78, 5) is 4.00. The maximum Gasteiger partial charge on any atom is 0.114 e. The lowest BCUT2D eigenvalue weighted by molar-refractivity contribution is 1.14. The second-order valence-corrected chi connectivity index (χ2v) is 2.88. The van der Waals surface area contributed by atoms with Gasteiger partial charge in [-0.3, -0.25) is 4.40 Å². The van der Waals surface area contributed by atoms with Gasteiger partial charge < -0.3 is 0 Å². The summed E-state index contributed by atoms with van der Waals surface area (Å²) in [5.74, 6) is 0. The molecule has 0 aliphatic heterocycles. The Morgan fingerprint density at radius 3 is 3.00 bits per heavy atom. The monoisotopic (exact) mass is 166 g/mol. The van der Waals surface area contributed by atoms with Crippen LogP contribution in [0.25, 0.3) is 5.52 Å². The van der Waals surface area contributed by atoms with Crippen LogP contribution in [0.3, 0.4) is 0 Å². The van der Waals surface area contributed by atoms with Crippen LogP contribution in [0, 0.1) is 6.92 Å². The number of pyridine rings is 1. The van der Waals surface area contributed by atoms with Crippen LogP contribution in [0.2, 0.25) is 5.15 Å². The van der Waals surface area contributed by atoms with Gasteiger partial charge in [0.2, 0.25) is 0 Å². The first-order valence-corrected chi connectivity index (χ1v) is 3.74. The molecular weight excluding hydrogens is 160 g/mol. The zero-order chi connectivity index (χ0) is 7.84. The van der Waals surface area contributed by atoms with Crippen LogP contribution >= 0.6 is 11.6 Å². The summed E-state index contributed by atoms with van der Waals surface area (Å²) >= 11 is 5.89. The van der Waals surface area contributed by atoms with Crippen LogP contribution in [0.15, 0.2) is 24.7 Å². The number of hydrogen-bond donors (Lipinski definition) is 0. The van der Waals surface area contributed by atoms with Crippen molar-refractivity contribution < 1.29 is 0 Å². The number of aryl methyl sites for hydroxylation is 1. The second kappa shape index (κ2) is 2.24. The Labute approximate surface area is 69.4 Å². The average Bonchev–Trinajstić information content (AvgIpc) is 2.45. The van der Waals surface area contributed by atoms with Crippen LogP contribution in [0.4, 0.5) is 0 Å². The van der Waals surface area contributed by atoms with Crippen molar-refractivity contribution >= 4 is 17.1 Å². The highest BCUT2D eigenvalue weighted by molar-refractivity contribution is 6.29. The van der Waals surface area contributed by atoms with E-state index in [1.54, 1.807) is 12.5 Å². The van der Waals surface area contributed by atoms with E-state index in [-0.39, 0.29) is 0 Å². The molecule has 0 aromatic carbocycles. The standard InChI is InChI=1S/C8H7ClN2/c1-6-2-3-8(9)11-5-10-4-7(6)11/h2-5H,1H3. The highest BCUT2D eigenvalue weighted by atomic mass is 35.5. The fraction of sp³-hybridized carbons (Fsp3) is 0.125. The number of halogens is 1. The SMILES string of the molecule is Cc1ccc(Cl)n2cncc12. The highest BCUT2D eigenvalue weighted by Crippen LogP contribution is 2.15. The van der Waals surface area contributed by atoms with Gasteiger partial charge in [-0.05, 0) is 18.6 Å². The number of imidazole rings is 1. The first-order valence-electron chi connectivity index (χ1n) is 3.36. The van der Waals surface area contributed by atoms with Gasteiger partial charge in [0, 0.05) is 0 Å². The van der Waals surface area contributed by atoms with Crippen LogP contribution < -0.4 is 0 Å². The Bertz CT molecular complexity index is 356. The molecule has 0 aliphatic rings. The molecule has 2 aromatic rings. The smallest absolute Gasteiger partial charge is 0.114 e. The van der Waals surface area contributed by atoms with Crippen molar-refractivity contribution in [1.82, 2.24) is 9.38 Å². The lowest BCUT2D eigenvalue weighted by atomic mass is 10.3. The molecule has 0 radical (unpaired) electrons. The molecule has 2 nitrogen and oxygen atoms in total. The zero-order valence-electron chi connectivity index (χ0n) is 6.08. The molecule has 0 spiro atoms. The number of fused-ring (bicyclic) bond motifs is 1. The minimum absolute atomic E-state index is 0.697. The Hall–Kier alpha value is -1.02. The Morgan fingerprint density at radius 1 is 1.45 bits per heavy atom. The molecule has 0 amide bonds.